The summed E-state index contributed by atoms with van der Waals surface area (Å²) in [5.41, 5.74) is 4.43. The molecule has 0 saturated heterocycles. The largest absolute Gasteiger partial charge is 0.508 e. The lowest BCUT2D eigenvalue weighted by Gasteiger charge is -2.02. The Morgan fingerprint density at radius 2 is 1.70 bits per heavy atom. The molecule has 0 unspecified atom stereocenters. The zero-order valence-electron chi connectivity index (χ0n) is 16.9. The van der Waals surface area contributed by atoms with Crippen LogP contribution in [-0.2, 0) is 0 Å². The molecule has 0 spiro atoms. The van der Waals surface area contributed by atoms with Crippen molar-refractivity contribution in [2.24, 2.45) is 5.10 Å². The average Bonchev–Trinajstić information content (AvgIpc) is 3.24. The fraction of sp³-hybridized carbons (Fsp3) is 0. The summed E-state index contributed by atoms with van der Waals surface area (Å²) in [7, 11) is 0. The predicted octanol–water partition coefficient (Wildman–Crippen LogP) is 4.51. The number of nitro groups is 2. The Labute approximate surface area is 186 Å². The average molecular weight is 444 g/mol. The zero-order chi connectivity index (χ0) is 23.4. The minimum Gasteiger partial charge on any atom is -0.508 e. The number of non-ortho nitro benzene ring substituents is 1. The molecule has 33 heavy (non-hydrogen) atoms. The first kappa shape index (κ1) is 21.2. The van der Waals surface area contributed by atoms with Gasteiger partial charge in [0, 0.05) is 23.4 Å². The molecule has 4 aromatic rings. The zero-order valence-corrected chi connectivity index (χ0v) is 16.9. The number of hydrazone groups is 1. The molecule has 0 aliphatic heterocycles. The molecule has 3 aromatic carbocycles. The summed E-state index contributed by atoms with van der Waals surface area (Å²) in [5, 5.41) is 40.5. The van der Waals surface area contributed by atoms with Crippen LogP contribution in [0.25, 0.3) is 16.9 Å². The van der Waals surface area contributed by atoms with Crippen LogP contribution in [0.2, 0.25) is 0 Å². The van der Waals surface area contributed by atoms with Crippen LogP contribution in [-0.4, -0.2) is 30.9 Å². The Kier molecular flexibility index (Phi) is 5.76. The van der Waals surface area contributed by atoms with E-state index in [1.807, 2.05) is 30.3 Å². The second kappa shape index (κ2) is 8.98. The topological polar surface area (TPSA) is 149 Å². The molecule has 0 amide bonds. The molecular weight excluding hydrogens is 428 g/mol. The number of hydrogen-bond acceptors (Lipinski definition) is 8. The van der Waals surface area contributed by atoms with Crippen LogP contribution >= 0.6 is 0 Å². The van der Waals surface area contributed by atoms with Gasteiger partial charge >= 0.3 is 5.69 Å². The molecule has 164 valence electrons. The molecule has 0 atom stereocenters. The van der Waals surface area contributed by atoms with Gasteiger partial charge in [-0.05, 0) is 42.5 Å². The number of nitrogens with zero attached hydrogens (tertiary/aromatic N) is 5. The van der Waals surface area contributed by atoms with Gasteiger partial charge in [0.05, 0.1) is 27.8 Å². The van der Waals surface area contributed by atoms with Crippen LogP contribution in [0.15, 0.2) is 84.1 Å². The van der Waals surface area contributed by atoms with Crippen LogP contribution in [0.1, 0.15) is 5.56 Å². The third-order valence-corrected chi connectivity index (χ3v) is 4.68. The molecule has 1 heterocycles. The Balaban J connectivity index is 1.69. The van der Waals surface area contributed by atoms with E-state index in [1.165, 1.54) is 24.4 Å². The minimum atomic E-state index is -0.722. The smallest absolute Gasteiger partial charge is 0.301 e. The standard InChI is InChI=1S/C22H16N6O5/c29-19-9-6-15(7-10-19)22-16(14-26(25-22)17-4-2-1-3-5-17)13-23-24-20-11-8-18(27(30)31)12-21(20)28(32)33/h1-14,24,29H/b23-13-. The molecule has 4 rings (SSSR count). The van der Waals surface area contributed by atoms with Crippen molar-refractivity contribution in [1.82, 2.24) is 9.78 Å². The van der Waals surface area contributed by atoms with E-state index >= 15 is 0 Å². The van der Waals surface area contributed by atoms with Gasteiger partial charge in [0.25, 0.3) is 5.69 Å². The van der Waals surface area contributed by atoms with Gasteiger partial charge in [0.15, 0.2) is 0 Å². The first-order valence-corrected chi connectivity index (χ1v) is 9.59. The minimum absolute atomic E-state index is 0.00323. The van der Waals surface area contributed by atoms with Gasteiger partial charge in [-0.2, -0.15) is 10.2 Å². The van der Waals surface area contributed by atoms with Crippen molar-refractivity contribution in [2.45, 2.75) is 0 Å². The normalized spacial score (nSPS) is 10.9. The van der Waals surface area contributed by atoms with Crippen molar-refractivity contribution in [1.29, 1.82) is 0 Å². The van der Waals surface area contributed by atoms with Crippen molar-refractivity contribution in [3.8, 4) is 22.7 Å². The molecule has 0 fully saturated rings. The third kappa shape index (κ3) is 4.66. The van der Waals surface area contributed by atoms with Crippen molar-refractivity contribution in [3.05, 3.63) is 105 Å². The van der Waals surface area contributed by atoms with E-state index in [9.17, 15) is 25.3 Å². The van der Waals surface area contributed by atoms with Crippen LogP contribution in [0.4, 0.5) is 17.1 Å². The molecule has 11 nitrogen and oxygen atoms in total. The summed E-state index contributed by atoms with van der Waals surface area (Å²) < 4.78 is 1.66. The van der Waals surface area contributed by atoms with Crippen LogP contribution in [0.3, 0.4) is 0 Å². The Hall–Kier alpha value is -5.06. The maximum atomic E-state index is 11.3. The highest BCUT2D eigenvalue weighted by Gasteiger charge is 2.19. The first-order valence-electron chi connectivity index (χ1n) is 9.59. The quantitative estimate of drug-likeness (QED) is 0.242. The molecule has 0 bridgehead atoms. The summed E-state index contributed by atoms with van der Waals surface area (Å²) in [4.78, 5) is 20.8. The van der Waals surface area contributed by atoms with Gasteiger partial charge < -0.3 is 5.11 Å². The second-order valence-corrected chi connectivity index (χ2v) is 6.85. The summed E-state index contributed by atoms with van der Waals surface area (Å²) in [6.45, 7) is 0. The number of nitrogens with one attached hydrogen (secondary N) is 1. The van der Waals surface area contributed by atoms with Crippen LogP contribution in [0, 0.1) is 20.2 Å². The number of rotatable bonds is 7. The third-order valence-electron chi connectivity index (χ3n) is 4.68. The van der Waals surface area contributed by atoms with Crippen LogP contribution < -0.4 is 5.43 Å². The van der Waals surface area contributed by atoms with E-state index < -0.39 is 21.2 Å². The molecule has 1 aromatic heterocycles. The number of aromatic nitrogens is 2. The Morgan fingerprint density at radius 1 is 0.970 bits per heavy atom. The van der Waals surface area contributed by atoms with Gasteiger partial charge in [0.2, 0.25) is 0 Å². The monoisotopic (exact) mass is 444 g/mol. The fourth-order valence-corrected chi connectivity index (χ4v) is 3.09. The van der Waals surface area contributed by atoms with Gasteiger partial charge in [-0.15, -0.1) is 0 Å². The number of nitro benzene ring substituents is 2. The number of hydrogen-bond donors (Lipinski definition) is 2. The fourth-order valence-electron chi connectivity index (χ4n) is 3.09. The van der Waals surface area contributed by atoms with Crippen molar-refractivity contribution in [3.63, 3.8) is 0 Å². The number of anilines is 1. The van der Waals surface area contributed by atoms with Crippen molar-refractivity contribution < 1.29 is 15.0 Å². The number of phenols is 1. The second-order valence-electron chi connectivity index (χ2n) is 6.85. The molecular formula is C22H16N6O5. The van der Waals surface area contributed by atoms with Gasteiger partial charge in [-0.1, -0.05) is 18.2 Å². The molecule has 11 heteroatoms. The Bertz CT molecular complexity index is 1350. The predicted molar refractivity (Wildman–Crippen MR) is 122 cm³/mol. The van der Waals surface area contributed by atoms with E-state index in [-0.39, 0.29) is 11.4 Å². The lowest BCUT2D eigenvalue weighted by Crippen LogP contribution is -1.98. The number of aromatic hydroxyl groups is 1. The maximum Gasteiger partial charge on any atom is 0.301 e. The maximum absolute atomic E-state index is 11.3. The van der Waals surface area contributed by atoms with E-state index in [0.717, 1.165) is 23.4 Å². The number of para-hydroxylation sites is 1. The summed E-state index contributed by atoms with van der Waals surface area (Å²) in [6, 6.07) is 19.1. The van der Waals surface area contributed by atoms with E-state index in [0.29, 0.717) is 11.3 Å². The first-order chi connectivity index (χ1) is 15.9. The number of phenolic OH excluding ortho intramolecular Hbond substituents is 1. The summed E-state index contributed by atoms with van der Waals surface area (Å²) >= 11 is 0. The SMILES string of the molecule is O=[N+]([O-])c1ccc(N/N=C\c2cn(-c3ccccc3)nc2-c2ccc(O)cc2)c([N+](=O)[O-])c1. The Morgan fingerprint density at radius 3 is 2.36 bits per heavy atom. The molecule has 0 saturated carbocycles. The summed E-state index contributed by atoms with van der Waals surface area (Å²) in [5.74, 6) is 0.114. The highest BCUT2D eigenvalue weighted by atomic mass is 16.6. The highest BCUT2D eigenvalue weighted by Crippen LogP contribution is 2.29. The lowest BCUT2D eigenvalue weighted by molar-refractivity contribution is -0.393. The molecule has 2 N–H and O–H groups in total. The molecule has 0 radical (unpaired) electrons. The highest BCUT2D eigenvalue weighted by molar-refractivity contribution is 5.89. The van der Waals surface area contributed by atoms with Crippen molar-refractivity contribution >= 4 is 23.3 Å². The van der Waals surface area contributed by atoms with Crippen LogP contribution in [0.5, 0.6) is 5.75 Å². The van der Waals surface area contributed by atoms with Gasteiger partial charge in [0.1, 0.15) is 17.1 Å². The van der Waals surface area contributed by atoms with E-state index in [2.05, 4.69) is 15.6 Å². The van der Waals surface area contributed by atoms with E-state index in [4.69, 9.17) is 0 Å². The molecule has 0 aliphatic carbocycles. The van der Waals surface area contributed by atoms with E-state index in [1.54, 1.807) is 23.0 Å². The summed E-state index contributed by atoms with van der Waals surface area (Å²) in [6.07, 6.45) is 3.19. The van der Waals surface area contributed by atoms with Gasteiger partial charge in [-0.3, -0.25) is 25.7 Å². The van der Waals surface area contributed by atoms with Gasteiger partial charge in [-0.25, -0.2) is 4.68 Å². The lowest BCUT2D eigenvalue weighted by atomic mass is 10.1. The number of benzene rings is 3. The van der Waals surface area contributed by atoms with Crippen molar-refractivity contribution in [2.75, 3.05) is 5.43 Å². The molecule has 0 aliphatic rings.